The molecule has 3 heteroatoms. The van der Waals surface area contributed by atoms with Crippen molar-refractivity contribution in [1.29, 1.82) is 0 Å². The summed E-state index contributed by atoms with van der Waals surface area (Å²) in [5.41, 5.74) is -0.0148. The van der Waals surface area contributed by atoms with Gasteiger partial charge >= 0.3 is 5.97 Å². The van der Waals surface area contributed by atoms with Crippen LogP contribution in [0.2, 0.25) is 0 Å². The van der Waals surface area contributed by atoms with Crippen molar-refractivity contribution in [2.75, 3.05) is 21.2 Å². The van der Waals surface area contributed by atoms with Crippen molar-refractivity contribution in [2.45, 2.75) is 64.3 Å². The van der Waals surface area contributed by atoms with Crippen LogP contribution in [0.5, 0.6) is 0 Å². The third-order valence-electron chi connectivity index (χ3n) is 3.64. The first kappa shape index (κ1) is 16.4. The SMILES string of the molecule is CCCCC(CCCC)(CC(=O)OC)N(C)C. The monoisotopic (exact) mass is 243 g/mol. The summed E-state index contributed by atoms with van der Waals surface area (Å²) in [6, 6.07) is 0. The fraction of sp³-hybridized carbons (Fsp3) is 0.929. The van der Waals surface area contributed by atoms with Crippen molar-refractivity contribution in [1.82, 2.24) is 4.90 Å². The molecule has 0 saturated heterocycles. The Hall–Kier alpha value is -0.570. The van der Waals surface area contributed by atoms with Crippen LogP contribution in [0.25, 0.3) is 0 Å². The first-order valence-corrected chi connectivity index (χ1v) is 6.76. The Morgan fingerprint density at radius 3 is 1.88 bits per heavy atom. The van der Waals surface area contributed by atoms with Gasteiger partial charge < -0.3 is 9.64 Å². The van der Waals surface area contributed by atoms with Gasteiger partial charge in [0.2, 0.25) is 0 Å². The van der Waals surface area contributed by atoms with E-state index in [1.54, 1.807) is 0 Å². The molecule has 0 aliphatic heterocycles. The van der Waals surface area contributed by atoms with E-state index >= 15 is 0 Å². The van der Waals surface area contributed by atoms with E-state index in [1.165, 1.54) is 32.8 Å². The standard InChI is InChI=1S/C14H29NO2/c1-6-8-10-14(15(3)4,11-9-7-2)12-13(16)17-5/h6-12H2,1-5H3. The predicted octanol–water partition coefficient (Wildman–Crippen LogP) is 3.23. The Labute approximate surface area is 107 Å². The van der Waals surface area contributed by atoms with E-state index in [0.717, 1.165) is 12.8 Å². The first-order valence-electron chi connectivity index (χ1n) is 6.76. The fourth-order valence-corrected chi connectivity index (χ4v) is 2.26. The summed E-state index contributed by atoms with van der Waals surface area (Å²) in [7, 11) is 5.63. The van der Waals surface area contributed by atoms with Gasteiger partial charge in [0.15, 0.2) is 0 Å². The average Bonchev–Trinajstić information content (AvgIpc) is 2.32. The third kappa shape index (κ3) is 5.53. The fourth-order valence-electron chi connectivity index (χ4n) is 2.26. The summed E-state index contributed by atoms with van der Waals surface area (Å²) in [6.45, 7) is 4.39. The second-order valence-electron chi connectivity index (χ2n) is 5.08. The maximum absolute atomic E-state index is 11.6. The Bertz CT molecular complexity index is 206. The molecule has 3 nitrogen and oxygen atoms in total. The number of rotatable bonds is 9. The highest BCUT2D eigenvalue weighted by Gasteiger charge is 2.34. The molecule has 102 valence electrons. The summed E-state index contributed by atoms with van der Waals surface area (Å²) in [4.78, 5) is 13.8. The maximum Gasteiger partial charge on any atom is 0.307 e. The Morgan fingerprint density at radius 2 is 1.59 bits per heavy atom. The number of carbonyl (C=O) groups is 1. The van der Waals surface area contributed by atoms with E-state index in [1.807, 2.05) is 0 Å². The normalized spacial score (nSPS) is 11.9. The van der Waals surface area contributed by atoms with Crippen LogP contribution >= 0.6 is 0 Å². The lowest BCUT2D eigenvalue weighted by Crippen LogP contribution is -2.46. The number of methoxy groups -OCH3 is 1. The summed E-state index contributed by atoms with van der Waals surface area (Å²) in [5.74, 6) is -0.0918. The van der Waals surface area contributed by atoms with Gasteiger partial charge in [0, 0.05) is 5.54 Å². The second kappa shape index (κ2) is 8.51. The van der Waals surface area contributed by atoms with Gasteiger partial charge in [0.25, 0.3) is 0 Å². The summed E-state index contributed by atoms with van der Waals surface area (Å²) < 4.78 is 4.85. The number of hydrogen-bond donors (Lipinski definition) is 0. The van der Waals surface area contributed by atoms with E-state index < -0.39 is 0 Å². The molecule has 0 aromatic rings. The number of nitrogens with zero attached hydrogens (tertiary/aromatic N) is 1. The van der Waals surface area contributed by atoms with Gasteiger partial charge in [0.1, 0.15) is 0 Å². The molecule has 0 aromatic heterocycles. The smallest absolute Gasteiger partial charge is 0.307 e. The van der Waals surface area contributed by atoms with Gasteiger partial charge in [0.05, 0.1) is 13.5 Å². The number of carbonyl (C=O) groups excluding carboxylic acids is 1. The highest BCUT2D eigenvalue weighted by molar-refractivity contribution is 5.70. The first-order chi connectivity index (χ1) is 8.02. The van der Waals surface area contributed by atoms with Gasteiger partial charge in [-0.2, -0.15) is 0 Å². The Kier molecular flexibility index (Phi) is 8.23. The zero-order chi connectivity index (χ0) is 13.3. The summed E-state index contributed by atoms with van der Waals surface area (Å²) in [6.07, 6.45) is 7.33. The zero-order valence-corrected chi connectivity index (χ0v) is 12.2. The molecule has 0 N–H and O–H groups in total. The van der Waals surface area contributed by atoms with Crippen molar-refractivity contribution in [3.63, 3.8) is 0 Å². The lowest BCUT2D eigenvalue weighted by Gasteiger charge is -2.39. The van der Waals surface area contributed by atoms with Crippen LogP contribution in [-0.4, -0.2) is 37.6 Å². The van der Waals surface area contributed by atoms with Crippen molar-refractivity contribution < 1.29 is 9.53 Å². The van der Waals surface area contributed by atoms with Crippen molar-refractivity contribution >= 4 is 5.97 Å². The number of ether oxygens (including phenoxy) is 1. The second-order valence-corrected chi connectivity index (χ2v) is 5.08. The molecule has 0 atom stereocenters. The maximum atomic E-state index is 11.6. The van der Waals surface area contributed by atoms with E-state index in [-0.39, 0.29) is 11.5 Å². The van der Waals surface area contributed by atoms with Gasteiger partial charge in [-0.25, -0.2) is 0 Å². The summed E-state index contributed by atoms with van der Waals surface area (Å²) in [5, 5.41) is 0. The number of esters is 1. The van der Waals surface area contributed by atoms with Crippen LogP contribution in [0, 0.1) is 0 Å². The highest BCUT2D eigenvalue weighted by Crippen LogP contribution is 2.30. The quantitative estimate of drug-likeness (QED) is 0.582. The topological polar surface area (TPSA) is 29.5 Å². The van der Waals surface area contributed by atoms with Crippen LogP contribution < -0.4 is 0 Å². The van der Waals surface area contributed by atoms with Crippen LogP contribution in [0.15, 0.2) is 0 Å². The lowest BCUT2D eigenvalue weighted by atomic mass is 9.83. The lowest BCUT2D eigenvalue weighted by molar-refractivity contribution is -0.144. The Morgan fingerprint density at radius 1 is 1.12 bits per heavy atom. The van der Waals surface area contributed by atoms with E-state index in [2.05, 4.69) is 32.8 Å². The Balaban J connectivity index is 4.74. The molecule has 0 unspecified atom stereocenters. The molecule has 17 heavy (non-hydrogen) atoms. The van der Waals surface area contributed by atoms with Crippen molar-refractivity contribution in [3.05, 3.63) is 0 Å². The molecular weight excluding hydrogens is 214 g/mol. The molecule has 0 fully saturated rings. The van der Waals surface area contributed by atoms with Crippen LogP contribution in [-0.2, 0) is 9.53 Å². The molecule has 0 aliphatic carbocycles. The largest absolute Gasteiger partial charge is 0.469 e. The molecule has 0 rings (SSSR count). The van der Waals surface area contributed by atoms with Gasteiger partial charge in [-0.15, -0.1) is 0 Å². The molecule has 0 heterocycles. The van der Waals surface area contributed by atoms with Gasteiger partial charge in [-0.1, -0.05) is 39.5 Å². The molecule has 0 aromatic carbocycles. The highest BCUT2D eigenvalue weighted by atomic mass is 16.5. The van der Waals surface area contributed by atoms with Crippen molar-refractivity contribution in [3.8, 4) is 0 Å². The minimum atomic E-state index is -0.0918. The zero-order valence-electron chi connectivity index (χ0n) is 12.2. The van der Waals surface area contributed by atoms with E-state index in [0.29, 0.717) is 6.42 Å². The van der Waals surface area contributed by atoms with Crippen LogP contribution in [0.4, 0.5) is 0 Å². The summed E-state index contributed by atoms with van der Waals surface area (Å²) >= 11 is 0. The molecule has 0 saturated carbocycles. The number of unbranched alkanes of at least 4 members (excludes halogenated alkanes) is 2. The van der Waals surface area contributed by atoms with E-state index in [9.17, 15) is 4.79 Å². The minimum absolute atomic E-state index is 0.0148. The number of hydrogen-bond acceptors (Lipinski definition) is 3. The third-order valence-corrected chi connectivity index (χ3v) is 3.64. The molecule has 0 radical (unpaired) electrons. The molecular formula is C14H29NO2. The van der Waals surface area contributed by atoms with E-state index in [4.69, 9.17) is 4.74 Å². The van der Waals surface area contributed by atoms with Gasteiger partial charge in [-0.3, -0.25) is 4.79 Å². The molecule has 0 bridgehead atoms. The average molecular weight is 243 g/mol. The molecule has 0 spiro atoms. The predicted molar refractivity (Wildman–Crippen MR) is 72.1 cm³/mol. The van der Waals surface area contributed by atoms with Crippen LogP contribution in [0.1, 0.15) is 58.8 Å². The molecule has 0 aliphatic rings. The molecule has 0 amide bonds. The van der Waals surface area contributed by atoms with Crippen LogP contribution in [0.3, 0.4) is 0 Å². The van der Waals surface area contributed by atoms with Gasteiger partial charge in [-0.05, 0) is 26.9 Å². The van der Waals surface area contributed by atoms with Crippen molar-refractivity contribution in [2.24, 2.45) is 0 Å². The minimum Gasteiger partial charge on any atom is -0.469 e.